The molecule has 6 heteroatoms. The van der Waals surface area contributed by atoms with Crippen LogP contribution in [0.2, 0.25) is 0 Å². The lowest BCUT2D eigenvalue weighted by molar-refractivity contribution is -0.0980. The summed E-state index contributed by atoms with van der Waals surface area (Å²) in [4.78, 5) is 12.3. The minimum atomic E-state index is -2.49. The van der Waals surface area contributed by atoms with Crippen LogP contribution in [-0.4, -0.2) is 35.7 Å². The molecule has 0 saturated heterocycles. The lowest BCUT2D eigenvalue weighted by Crippen LogP contribution is -2.45. The summed E-state index contributed by atoms with van der Waals surface area (Å²) in [6.45, 7) is 10.7. The Labute approximate surface area is 136 Å². The van der Waals surface area contributed by atoms with Crippen LogP contribution in [-0.2, 0) is 4.79 Å². The highest BCUT2D eigenvalue weighted by Gasteiger charge is 2.57. The predicted molar refractivity (Wildman–Crippen MR) is 89.7 cm³/mol. The summed E-state index contributed by atoms with van der Waals surface area (Å²) >= 11 is 1.66. The highest BCUT2D eigenvalue weighted by molar-refractivity contribution is 8.15. The van der Waals surface area contributed by atoms with Crippen LogP contribution in [0.15, 0.2) is 4.99 Å². The van der Waals surface area contributed by atoms with Gasteiger partial charge in [0.05, 0.1) is 0 Å². The predicted octanol–water partition coefficient (Wildman–Crippen LogP) is 3.98. The van der Waals surface area contributed by atoms with Gasteiger partial charge in [-0.2, -0.15) is 0 Å². The number of hydrogen-bond donors (Lipinski definition) is 1. The fourth-order valence-corrected chi connectivity index (χ4v) is 4.17. The Morgan fingerprint density at radius 2 is 1.95 bits per heavy atom. The molecule has 0 aromatic heterocycles. The number of aliphatic imine (C=N–C) groups is 1. The Morgan fingerprint density at radius 1 is 1.36 bits per heavy atom. The molecule has 3 unspecified atom stereocenters. The largest absolute Gasteiger partial charge is 0.362 e. The topological polar surface area (TPSA) is 41.5 Å². The number of carbonyl (C=O) groups excluding carboxylic acids is 1. The molecule has 0 aromatic rings. The van der Waals surface area contributed by atoms with E-state index in [1.54, 1.807) is 18.8 Å². The first kappa shape index (κ1) is 19.4. The number of hydrogen-bond acceptors (Lipinski definition) is 3. The quantitative estimate of drug-likeness (QED) is 0.627. The Hall–Kier alpha value is -0.650. The van der Waals surface area contributed by atoms with E-state index in [1.165, 1.54) is 0 Å². The van der Waals surface area contributed by atoms with E-state index in [4.69, 9.17) is 4.79 Å². The lowest BCUT2D eigenvalue weighted by Gasteiger charge is -2.33. The Bertz CT molecular complexity index is 413. The molecule has 0 amide bonds. The van der Waals surface area contributed by atoms with Crippen molar-refractivity contribution < 1.29 is 13.6 Å². The fourth-order valence-electron chi connectivity index (χ4n) is 3.14. The third kappa shape index (κ3) is 4.21. The van der Waals surface area contributed by atoms with Gasteiger partial charge in [0.25, 0.3) is 5.92 Å². The number of carbonyl (C=O) groups is 1. The number of amidine groups is 1. The maximum absolute atomic E-state index is 13.8. The average Bonchev–Trinajstić information content (AvgIpc) is 2.95. The molecule has 22 heavy (non-hydrogen) atoms. The lowest BCUT2D eigenvalue weighted by atomic mass is 9.92. The van der Waals surface area contributed by atoms with Crippen molar-refractivity contribution in [3.8, 4) is 0 Å². The van der Waals surface area contributed by atoms with Crippen LogP contribution < -0.4 is 5.32 Å². The molecule has 2 bridgehead atoms. The van der Waals surface area contributed by atoms with Crippen molar-refractivity contribution in [1.82, 2.24) is 5.32 Å². The number of thioether (sulfide) groups is 1. The molecule has 2 rings (SSSR count). The molecule has 1 N–H and O–H groups in total. The first-order valence-electron chi connectivity index (χ1n) is 7.74. The van der Waals surface area contributed by atoms with Crippen molar-refractivity contribution >= 4 is 23.7 Å². The molecule has 2 aliphatic carbocycles. The van der Waals surface area contributed by atoms with Crippen LogP contribution in [0, 0.1) is 17.8 Å². The highest BCUT2D eigenvalue weighted by atomic mass is 32.2. The summed E-state index contributed by atoms with van der Waals surface area (Å²) in [6.07, 6.45) is 1.61. The van der Waals surface area contributed by atoms with Crippen LogP contribution in [0.25, 0.3) is 0 Å². The molecule has 0 radical (unpaired) electrons. The zero-order valence-corrected chi connectivity index (χ0v) is 15.0. The fraction of sp³-hybridized carbons (Fsp3) is 0.875. The molecule has 3 atom stereocenters. The van der Waals surface area contributed by atoms with Gasteiger partial charge < -0.3 is 10.1 Å². The van der Waals surface area contributed by atoms with Gasteiger partial charge in [0.1, 0.15) is 6.79 Å². The van der Waals surface area contributed by atoms with E-state index in [0.717, 1.165) is 11.6 Å². The first-order valence-corrected chi connectivity index (χ1v) is 8.56. The number of fused-ring (bicyclic) bond motifs is 2. The van der Waals surface area contributed by atoms with E-state index < -0.39 is 11.8 Å². The van der Waals surface area contributed by atoms with Crippen LogP contribution in [0.4, 0.5) is 8.78 Å². The van der Waals surface area contributed by atoms with Crippen molar-refractivity contribution in [2.24, 2.45) is 22.7 Å². The minimum absolute atomic E-state index is 0.0436. The zero-order chi connectivity index (χ0) is 17.1. The summed E-state index contributed by atoms with van der Waals surface area (Å²) in [5.74, 6) is -2.31. The molecule has 3 nitrogen and oxygen atoms in total. The second kappa shape index (κ2) is 7.28. The zero-order valence-electron chi connectivity index (χ0n) is 14.2. The van der Waals surface area contributed by atoms with Gasteiger partial charge in [0.15, 0.2) is 5.17 Å². The first-order chi connectivity index (χ1) is 10.2. The van der Waals surface area contributed by atoms with Crippen molar-refractivity contribution in [2.45, 2.75) is 63.7 Å². The van der Waals surface area contributed by atoms with E-state index in [1.807, 2.05) is 6.79 Å². The van der Waals surface area contributed by atoms with Gasteiger partial charge in [0, 0.05) is 30.2 Å². The van der Waals surface area contributed by atoms with Gasteiger partial charge in [-0.05, 0) is 38.5 Å². The van der Waals surface area contributed by atoms with Crippen molar-refractivity contribution in [1.29, 1.82) is 0 Å². The molecular weight excluding hydrogens is 306 g/mol. The van der Waals surface area contributed by atoms with Gasteiger partial charge in [-0.25, -0.2) is 8.78 Å². The molecule has 2 fully saturated rings. The van der Waals surface area contributed by atoms with E-state index in [2.05, 4.69) is 38.0 Å². The molecule has 128 valence electrons. The third-order valence-electron chi connectivity index (χ3n) is 5.03. The smallest absolute Gasteiger partial charge is 0.253 e. The van der Waals surface area contributed by atoms with Crippen molar-refractivity contribution in [3.63, 3.8) is 0 Å². The summed E-state index contributed by atoms with van der Waals surface area (Å²) in [5, 5.41) is 4.10. The van der Waals surface area contributed by atoms with Gasteiger partial charge in [-0.15, -0.1) is 0 Å². The molecule has 2 saturated carbocycles. The van der Waals surface area contributed by atoms with E-state index in [0.29, 0.717) is 12.3 Å². The Balaban J connectivity index is 0.00000116. The number of halogens is 2. The summed E-state index contributed by atoms with van der Waals surface area (Å²) < 4.78 is 27.7. The van der Waals surface area contributed by atoms with Gasteiger partial charge in [-0.3, -0.25) is 4.99 Å². The number of nitrogens with zero attached hydrogens (tertiary/aromatic N) is 1. The van der Waals surface area contributed by atoms with Crippen LogP contribution in [0.3, 0.4) is 0 Å². The summed E-state index contributed by atoms with van der Waals surface area (Å²) in [7, 11) is 1.73. The molecule has 2 aliphatic rings. The number of rotatable bonds is 3. The van der Waals surface area contributed by atoms with Crippen LogP contribution >= 0.6 is 11.8 Å². The normalized spacial score (nSPS) is 30.2. The van der Waals surface area contributed by atoms with E-state index in [-0.39, 0.29) is 23.1 Å². The Kier molecular flexibility index (Phi) is 6.42. The van der Waals surface area contributed by atoms with Gasteiger partial charge in [0.2, 0.25) is 0 Å². The summed E-state index contributed by atoms with van der Waals surface area (Å²) in [6, 6.07) is -0.113. The van der Waals surface area contributed by atoms with Crippen LogP contribution in [0.1, 0.15) is 47.0 Å². The van der Waals surface area contributed by atoms with E-state index in [9.17, 15) is 8.78 Å². The Morgan fingerprint density at radius 3 is 2.36 bits per heavy atom. The molecule has 0 heterocycles. The van der Waals surface area contributed by atoms with Crippen molar-refractivity contribution in [2.75, 3.05) is 7.05 Å². The molecule has 0 aliphatic heterocycles. The second-order valence-electron chi connectivity index (χ2n) is 7.05. The number of alkyl halides is 2. The third-order valence-corrected chi connectivity index (χ3v) is 6.52. The number of nitrogens with one attached hydrogen (secondary N) is 1. The van der Waals surface area contributed by atoms with Gasteiger partial charge >= 0.3 is 0 Å². The maximum Gasteiger partial charge on any atom is 0.253 e. The van der Waals surface area contributed by atoms with Crippen molar-refractivity contribution in [3.05, 3.63) is 0 Å². The highest BCUT2D eigenvalue weighted by Crippen LogP contribution is 2.53. The molecule has 0 spiro atoms. The monoisotopic (exact) mass is 334 g/mol. The standard InChI is InChI=1S/C15H26F2N2S.CH2O/c1-9(2)14(3,4)20-13(18-5)19-12-7-10-6-11(12)15(16,17)8-10;1-2/h9-12H,6-8H2,1-5H3,(H,18,19);1H2. The van der Waals surface area contributed by atoms with Crippen LogP contribution in [0.5, 0.6) is 0 Å². The maximum atomic E-state index is 13.8. The molecule has 0 aromatic carbocycles. The minimum Gasteiger partial charge on any atom is -0.362 e. The molecular formula is C16H28F2N2OS. The SMILES string of the molecule is C=O.CN=C(NC1CC2CC1C(F)(F)C2)SC(C)(C)C(C)C. The van der Waals surface area contributed by atoms with Gasteiger partial charge in [-0.1, -0.05) is 25.6 Å². The average molecular weight is 334 g/mol. The van der Waals surface area contributed by atoms with E-state index >= 15 is 0 Å². The second-order valence-corrected chi connectivity index (χ2v) is 8.69. The summed E-state index contributed by atoms with van der Waals surface area (Å²) in [5.41, 5.74) is 0.